The Morgan fingerprint density at radius 2 is 2.11 bits per heavy atom. The molecule has 19 heavy (non-hydrogen) atoms. The molecule has 3 nitrogen and oxygen atoms in total. The Kier molecular flexibility index (Phi) is 2.00. The number of hydrogen-bond acceptors (Lipinski definition) is 3. The lowest BCUT2D eigenvalue weighted by atomic mass is 10.1. The fourth-order valence-electron chi connectivity index (χ4n) is 1.64. The Hall–Kier alpha value is -1.58. The third-order valence-electron chi connectivity index (χ3n) is 2.45. The first-order valence-electron chi connectivity index (χ1n) is 10.6. The van der Waals surface area contributed by atoms with Gasteiger partial charge >= 0.3 is 0 Å². The molecule has 0 heterocycles. The maximum Gasteiger partial charge on any atom is 0.127 e. The molecular formula is C16H21NO2. The van der Waals surface area contributed by atoms with Gasteiger partial charge in [-0.15, -0.1) is 0 Å². The zero-order valence-electron chi connectivity index (χ0n) is 20.1. The van der Waals surface area contributed by atoms with Crippen LogP contribution in [0.3, 0.4) is 0 Å². The van der Waals surface area contributed by atoms with Gasteiger partial charge in [0, 0.05) is 30.2 Å². The molecule has 102 valence electrons. The lowest BCUT2D eigenvalue weighted by Gasteiger charge is -2.15. The minimum atomic E-state index is -3.47. The van der Waals surface area contributed by atoms with Gasteiger partial charge < -0.3 is 15.2 Å². The zero-order chi connectivity index (χ0) is 22.3. The van der Waals surface area contributed by atoms with Crippen molar-refractivity contribution in [1.29, 1.82) is 0 Å². The van der Waals surface area contributed by atoms with Gasteiger partial charge in [0.05, 0.1) is 1.37 Å². The van der Waals surface area contributed by atoms with E-state index in [4.69, 9.17) is 18.4 Å². The van der Waals surface area contributed by atoms with Crippen molar-refractivity contribution in [3.8, 4) is 5.75 Å². The second-order valence-electron chi connectivity index (χ2n) is 3.84. The van der Waals surface area contributed by atoms with Crippen molar-refractivity contribution < 1.29 is 23.6 Å². The van der Waals surface area contributed by atoms with Crippen LogP contribution in [0.5, 0.6) is 5.75 Å². The summed E-state index contributed by atoms with van der Waals surface area (Å²) in [6.45, 7) is -11.2. The third kappa shape index (κ3) is 3.94. The number of rotatable bonds is 6. The molecule has 0 saturated carbocycles. The standard InChI is InChI=1S/C16H21NO2/c1-12(2)17-10-14(18)11-19-16-9-5-7-13-6-3-4-8-15(13)16/h3-9,12,14,17-18H,10-11H2,1-2H3/i1D3,2D3,10D2,12D,14D. The molecule has 0 aliphatic rings. The summed E-state index contributed by atoms with van der Waals surface area (Å²) in [7, 11) is 0. The van der Waals surface area contributed by atoms with Crippen LogP contribution in [-0.2, 0) is 0 Å². The average molecular weight is 269 g/mol. The van der Waals surface area contributed by atoms with E-state index in [1.54, 1.807) is 42.5 Å². The van der Waals surface area contributed by atoms with Crippen molar-refractivity contribution in [3.05, 3.63) is 42.5 Å². The fraction of sp³-hybridized carbons (Fsp3) is 0.375. The first-order valence-corrected chi connectivity index (χ1v) is 5.64. The summed E-state index contributed by atoms with van der Waals surface area (Å²) < 4.78 is 81.0. The van der Waals surface area contributed by atoms with E-state index in [0.717, 1.165) is 5.39 Å². The number of hydrogen-bond donors (Lipinski definition) is 2. The van der Waals surface area contributed by atoms with E-state index in [0.29, 0.717) is 5.39 Å². The van der Waals surface area contributed by atoms with Crippen molar-refractivity contribution in [1.82, 2.24) is 5.32 Å². The van der Waals surface area contributed by atoms with Crippen LogP contribution in [0.1, 0.15) is 27.4 Å². The molecule has 3 heteroatoms. The zero-order valence-corrected chi connectivity index (χ0v) is 10.1. The normalized spacial score (nSPS) is 24.9. The van der Waals surface area contributed by atoms with Crippen LogP contribution in [0.25, 0.3) is 10.8 Å². The highest BCUT2D eigenvalue weighted by atomic mass is 16.5. The predicted octanol–water partition coefficient (Wildman–Crippen LogP) is 2.58. The molecule has 2 aromatic carbocycles. The van der Waals surface area contributed by atoms with Crippen LogP contribution in [0.15, 0.2) is 42.5 Å². The van der Waals surface area contributed by atoms with Crippen LogP contribution in [-0.4, -0.2) is 30.3 Å². The Bertz CT molecular complexity index is 843. The lowest BCUT2D eigenvalue weighted by Crippen LogP contribution is -2.35. The molecule has 0 fully saturated rings. The maximum atomic E-state index is 10.3. The largest absolute Gasteiger partial charge is 0.490 e. The topological polar surface area (TPSA) is 41.5 Å². The molecule has 0 radical (unpaired) electrons. The van der Waals surface area contributed by atoms with E-state index in [1.807, 2.05) is 0 Å². The Labute approximate surface area is 128 Å². The van der Waals surface area contributed by atoms with Crippen molar-refractivity contribution in [3.63, 3.8) is 0 Å². The Morgan fingerprint density at radius 1 is 1.32 bits per heavy atom. The third-order valence-corrected chi connectivity index (χ3v) is 2.45. The minimum absolute atomic E-state index is 0.244. The quantitative estimate of drug-likeness (QED) is 0.847. The maximum absolute atomic E-state index is 10.3. The van der Waals surface area contributed by atoms with Crippen LogP contribution >= 0.6 is 0 Å². The predicted molar refractivity (Wildman–Crippen MR) is 78.6 cm³/mol. The van der Waals surface area contributed by atoms with E-state index in [2.05, 4.69) is 0 Å². The first kappa shape index (κ1) is 5.81. The number of ether oxygens (including phenoxy) is 1. The average Bonchev–Trinajstić information content (AvgIpc) is 2.57. The van der Waals surface area contributed by atoms with Gasteiger partial charge in [0.15, 0.2) is 0 Å². The molecular weight excluding hydrogens is 238 g/mol. The summed E-state index contributed by atoms with van der Waals surface area (Å²) in [4.78, 5) is 0. The molecule has 2 N–H and O–H groups in total. The molecule has 0 saturated heterocycles. The molecule has 0 spiro atoms. The smallest absolute Gasteiger partial charge is 0.127 e. The van der Waals surface area contributed by atoms with Gasteiger partial charge in [-0.1, -0.05) is 50.1 Å². The molecule has 0 aliphatic heterocycles. The Morgan fingerprint density at radius 3 is 2.95 bits per heavy atom. The number of fused-ring (bicyclic) bond motifs is 1. The summed E-state index contributed by atoms with van der Waals surface area (Å²) in [6.07, 6.45) is -3.12. The molecule has 1 unspecified atom stereocenters. The number of aliphatic hydroxyl groups is 1. The van der Waals surface area contributed by atoms with Gasteiger partial charge in [0.25, 0.3) is 0 Å². The second-order valence-corrected chi connectivity index (χ2v) is 3.84. The summed E-state index contributed by atoms with van der Waals surface area (Å²) in [6, 6.07) is 8.61. The summed E-state index contributed by atoms with van der Waals surface area (Å²) in [5.41, 5.74) is 0. The molecule has 0 aromatic heterocycles. The summed E-state index contributed by atoms with van der Waals surface area (Å²) in [5.74, 6) is 0.244. The minimum Gasteiger partial charge on any atom is -0.490 e. The van der Waals surface area contributed by atoms with Crippen molar-refractivity contribution in [2.45, 2.75) is 25.8 Å². The van der Waals surface area contributed by atoms with Crippen LogP contribution < -0.4 is 10.1 Å². The van der Waals surface area contributed by atoms with Gasteiger partial charge in [-0.25, -0.2) is 0 Å². The van der Waals surface area contributed by atoms with Gasteiger partial charge in [0.1, 0.15) is 18.4 Å². The van der Waals surface area contributed by atoms with E-state index < -0.39 is 38.9 Å². The van der Waals surface area contributed by atoms with E-state index in [-0.39, 0.29) is 5.75 Å². The van der Waals surface area contributed by atoms with Crippen LogP contribution in [0.4, 0.5) is 0 Å². The molecule has 1 atom stereocenters. The summed E-state index contributed by atoms with van der Waals surface area (Å²) >= 11 is 0. The Balaban J connectivity index is 2.28. The fourth-order valence-corrected chi connectivity index (χ4v) is 1.64. The van der Waals surface area contributed by atoms with Gasteiger partial charge in [-0.05, 0) is 11.5 Å². The SMILES string of the molecule is [2H]C([2H])([2H])C([2H])(NC([2H])([2H])C([2H])(O)COc1cccc2ccccc12)C([2H])([2H])[2H]. The highest BCUT2D eigenvalue weighted by Crippen LogP contribution is 2.25. The molecule has 2 aromatic rings. The number of benzene rings is 2. The van der Waals surface area contributed by atoms with Crippen LogP contribution in [0.2, 0.25) is 0 Å². The highest BCUT2D eigenvalue weighted by molar-refractivity contribution is 5.88. The second kappa shape index (κ2) is 6.55. The molecule has 0 amide bonds. The van der Waals surface area contributed by atoms with Gasteiger partial charge in [-0.2, -0.15) is 0 Å². The van der Waals surface area contributed by atoms with Gasteiger partial charge in [0.2, 0.25) is 0 Å². The first-order chi connectivity index (χ1) is 13.0. The highest BCUT2D eigenvalue weighted by Gasteiger charge is 2.07. The number of nitrogens with one attached hydrogen (secondary N) is 1. The van der Waals surface area contributed by atoms with Crippen molar-refractivity contribution in [2.75, 3.05) is 13.1 Å². The van der Waals surface area contributed by atoms with Crippen LogP contribution in [0, 0.1) is 0 Å². The van der Waals surface area contributed by atoms with E-state index in [1.165, 1.54) is 5.32 Å². The lowest BCUT2D eigenvalue weighted by molar-refractivity contribution is 0.105. The van der Waals surface area contributed by atoms with Crippen molar-refractivity contribution in [2.24, 2.45) is 0 Å². The monoisotopic (exact) mass is 269 g/mol. The molecule has 2 rings (SSSR count). The molecule has 0 bridgehead atoms. The summed E-state index contributed by atoms with van der Waals surface area (Å²) in [5, 5.41) is 13.3. The van der Waals surface area contributed by atoms with E-state index >= 15 is 0 Å². The van der Waals surface area contributed by atoms with E-state index in [9.17, 15) is 5.11 Å². The molecule has 0 aliphatic carbocycles. The van der Waals surface area contributed by atoms with Crippen molar-refractivity contribution >= 4 is 10.8 Å². The van der Waals surface area contributed by atoms with Gasteiger partial charge in [-0.3, -0.25) is 0 Å².